The summed E-state index contributed by atoms with van der Waals surface area (Å²) < 4.78 is 30.1. The van der Waals surface area contributed by atoms with Gasteiger partial charge in [-0.05, 0) is 56.0 Å². The minimum atomic E-state index is -1.16. The summed E-state index contributed by atoms with van der Waals surface area (Å²) in [5, 5.41) is 2.64. The number of carbonyl (C=O) groups excluding carboxylic acids is 3. The van der Waals surface area contributed by atoms with Crippen molar-refractivity contribution in [3.05, 3.63) is 74.6 Å². The van der Waals surface area contributed by atoms with Crippen LogP contribution in [0.4, 0.5) is 14.6 Å². The number of fused-ring (bicyclic) bond motifs is 1. The largest absolute Gasteiger partial charge is 0.355 e. The number of benzene rings is 1. The average Bonchev–Trinajstić information content (AvgIpc) is 3.50. The minimum Gasteiger partial charge on any atom is -0.355 e. The van der Waals surface area contributed by atoms with Crippen LogP contribution in [0.15, 0.2) is 46.1 Å². The van der Waals surface area contributed by atoms with Gasteiger partial charge in [-0.3, -0.25) is 33.2 Å². The highest BCUT2D eigenvalue weighted by Crippen LogP contribution is 2.23. The van der Waals surface area contributed by atoms with Gasteiger partial charge in [-0.1, -0.05) is 6.92 Å². The van der Waals surface area contributed by atoms with E-state index in [1.807, 2.05) is 6.92 Å². The fraction of sp³-hybridized carbons (Fsp3) is 0.406. The van der Waals surface area contributed by atoms with Gasteiger partial charge < -0.3 is 15.2 Å². The molecule has 1 aliphatic heterocycles. The third-order valence-electron chi connectivity index (χ3n) is 7.96. The molecule has 0 bridgehead atoms. The van der Waals surface area contributed by atoms with Gasteiger partial charge in [0.15, 0.2) is 17.3 Å². The summed E-state index contributed by atoms with van der Waals surface area (Å²) in [4.78, 5) is 78.8. The van der Waals surface area contributed by atoms with Gasteiger partial charge in [0.05, 0.1) is 0 Å². The summed E-state index contributed by atoms with van der Waals surface area (Å²) in [5.74, 6) is -2.56. The standard InChI is InChI=1S/C32H36F2N8O5/c1-3-13-42-31(46)27-29(41(32(42)47)17-12-35-20(2)43)38-28(37-27)22-9-11-25(36-19-22)40(16-6-15-39-14-5-4-7-26(39)44)30(45)21-8-10-23(33)24(34)18-21/h8-11,18-19H,3-7,12-17H2,1-2H3,(H,35,43)(H,37,38). The van der Waals surface area contributed by atoms with Crippen molar-refractivity contribution >= 4 is 34.7 Å². The lowest BCUT2D eigenvalue weighted by Crippen LogP contribution is -2.41. The zero-order chi connectivity index (χ0) is 33.7. The molecule has 15 heteroatoms. The van der Waals surface area contributed by atoms with Crippen LogP contribution < -0.4 is 21.5 Å². The van der Waals surface area contributed by atoms with Crippen molar-refractivity contribution in [2.45, 2.75) is 59.0 Å². The van der Waals surface area contributed by atoms with Crippen molar-refractivity contribution in [2.75, 3.05) is 31.1 Å². The van der Waals surface area contributed by atoms with E-state index in [2.05, 4.69) is 20.3 Å². The lowest BCUT2D eigenvalue weighted by atomic mass is 10.1. The zero-order valence-corrected chi connectivity index (χ0v) is 26.2. The topological polar surface area (TPSA) is 155 Å². The minimum absolute atomic E-state index is 0.0602. The van der Waals surface area contributed by atoms with Crippen LogP contribution in [0.1, 0.15) is 56.3 Å². The number of imidazole rings is 1. The number of carbonyl (C=O) groups is 3. The first-order valence-corrected chi connectivity index (χ1v) is 15.6. The zero-order valence-electron chi connectivity index (χ0n) is 26.2. The van der Waals surface area contributed by atoms with E-state index in [1.165, 1.54) is 28.7 Å². The number of likely N-dealkylation sites (tertiary alicyclic amines) is 1. The van der Waals surface area contributed by atoms with Crippen molar-refractivity contribution in [3.63, 3.8) is 0 Å². The third-order valence-corrected chi connectivity index (χ3v) is 7.96. The SMILES string of the molecule is CCCn1c(=O)c2[nH]c(-c3ccc(N(CCCN4CCCCC4=O)C(=O)c4ccc(F)c(F)c4)nc3)nc2n(CCNC(C)=O)c1=O. The quantitative estimate of drug-likeness (QED) is 0.239. The highest BCUT2D eigenvalue weighted by Gasteiger charge is 2.23. The number of nitrogens with one attached hydrogen (secondary N) is 2. The molecule has 1 aromatic carbocycles. The number of pyridine rings is 1. The maximum atomic E-state index is 14.0. The molecule has 5 rings (SSSR count). The van der Waals surface area contributed by atoms with Crippen molar-refractivity contribution in [3.8, 4) is 11.4 Å². The molecule has 0 radical (unpaired) electrons. The Morgan fingerprint density at radius 3 is 2.51 bits per heavy atom. The first kappa shape index (κ1) is 33.2. The number of hydrogen-bond acceptors (Lipinski definition) is 7. The summed E-state index contributed by atoms with van der Waals surface area (Å²) in [6.07, 6.45) is 4.66. The summed E-state index contributed by atoms with van der Waals surface area (Å²) >= 11 is 0. The van der Waals surface area contributed by atoms with Gasteiger partial charge in [-0.2, -0.15) is 0 Å². The molecular formula is C32H36F2N8O5. The molecule has 3 amide bonds. The molecule has 2 N–H and O–H groups in total. The first-order valence-electron chi connectivity index (χ1n) is 15.6. The molecule has 3 aromatic heterocycles. The van der Waals surface area contributed by atoms with E-state index >= 15 is 0 Å². The molecule has 1 aliphatic rings. The molecule has 0 aliphatic carbocycles. The Kier molecular flexibility index (Phi) is 10.2. The fourth-order valence-corrected chi connectivity index (χ4v) is 5.58. The first-order chi connectivity index (χ1) is 22.6. The lowest BCUT2D eigenvalue weighted by Gasteiger charge is -2.28. The van der Waals surface area contributed by atoms with E-state index in [0.717, 1.165) is 29.5 Å². The van der Waals surface area contributed by atoms with Crippen LogP contribution in [0.25, 0.3) is 22.6 Å². The maximum absolute atomic E-state index is 14.0. The van der Waals surface area contributed by atoms with Crippen molar-refractivity contribution in [1.82, 2.24) is 34.3 Å². The number of rotatable bonds is 12. The van der Waals surface area contributed by atoms with Gasteiger partial charge in [0.1, 0.15) is 17.2 Å². The Balaban J connectivity index is 1.46. The van der Waals surface area contributed by atoms with Gasteiger partial charge in [0.25, 0.3) is 11.5 Å². The molecule has 0 unspecified atom stereocenters. The Labute approximate surface area is 268 Å². The fourth-order valence-electron chi connectivity index (χ4n) is 5.58. The van der Waals surface area contributed by atoms with Crippen LogP contribution in [0.3, 0.4) is 0 Å². The van der Waals surface area contributed by atoms with E-state index in [1.54, 1.807) is 17.0 Å². The van der Waals surface area contributed by atoms with Crippen LogP contribution in [0.5, 0.6) is 0 Å². The van der Waals surface area contributed by atoms with Crippen molar-refractivity contribution < 1.29 is 23.2 Å². The molecule has 13 nitrogen and oxygen atoms in total. The Bertz CT molecular complexity index is 1920. The second kappa shape index (κ2) is 14.5. The van der Waals surface area contributed by atoms with Crippen LogP contribution in [0, 0.1) is 11.6 Å². The van der Waals surface area contributed by atoms with Crippen molar-refractivity contribution in [1.29, 1.82) is 0 Å². The van der Waals surface area contributed by atoms with Crippen LogP contribution >= 0.6 is 0 Å². The smallest absolute Gasteiger partial charge is 0.332 e. The number of aromatic amines is 1. The molecule has 1 fully saturated rings. The Morgan fingerprint density at radius 2 is 1.83 bits per heavy atom. The van der Waals surface area contributed by atoms with E-state index in [9.17, 15) is 32.8 Å². The molecule has 4 aromatic rings. The maximum Gasteiger partial charge on any atom is 0.332 e. The number of anilines is 1. The molecular weight excluding hydrogens is 614 g/mol. The number of hydrogen-bond donors (Lipinski definition) is 2. The molecule has 0 spiro atoms. The molecule has 47 heavy (non-hydrogen) atoms. The van der Waals surface area contributed by atoms with E-state index in [0.29, 0.717) is 37.9 Å². The van der Waals surface area contributed by atoms with Crippen LogP contribution in [0.2, 0.25) is 0 Å². The predicted molar refractivity (Wildman–Crippen MR) is 170 cm³/mol. The number of aromatic nitrogens is 5. The van der Waals surface area contributed by atoms with Gasteiger partial charge >= 0.3 is 5.69 Å². The van der Waals surface area contributed by atoms with Gasteiger partial charge in [-0.15, -0.1) is 0 Å². The number of H-pyrrole nitrogens is 1. The number of nitrogens with zero attached hydrogens (tertiary/aromatic N) is 6. The normalized spacial score (nSPS) is 13.3. The summed E-state index contributed by atoms with van der Waals surface area (Å²) in [7, 11) is 0. The van der Waals surface area contributed by atoms with Gasteiger partial charge in [-0.25, -0.2) is 23.5 Å². The van der Waals surface area contributed by atoms with E-state index in [-0.39, 0.29) is 66.4 Å². The average molecular weight is 651 g/mol. The Morgan fingerprint density at radius 1 is 1.02 bits per heavy atom. The number of piperidine rings is 1. The molecule has 1 saturated heterocycles. The molecule has 248 valence electrons. The van der Waals surface area contributed by atoms with Gasteiger partial charge in [0.2, 0.25) is 11.8 Å². The van der Waals surface area contributed by atoms with Crippen molar-refractivity contribution in [2.24, 2.45) is 0 Å². The molecule has 4 heterocycles. The van der Waals surface area contributed by atoms with Gasteiger partial charge in [0, 0.05) is 69.9 Å². The number of amides is 3. The van der Waals surface area contributed by atoms with Crippen LogP contribution in [-0.4, -0.2) is 72.9 Å². The highest BCUT2D eigenvalue weighted by molar-refractivity contribution is 6.05. The van der Waals surface area contributed by atoms with Crippen LogP contribution in [-0.2, 0) is 22.7 Å². The molecule has 0 saturated carbocycles. The number of halogens is 2. The van der Waals surface area contributed by atoms with E-state index in [4.69, 9.17) is 0 Å². The van der Waals surface area contributed by atoms with E-state index < -0.39 is 28.8 Å². The second-order valence-electron chi connectivity index (χ2n) is 11.3. The summed E-state index contributed by atoms with van der Waals surface area (Å²) in [5.41, 5.74) is -0.449. The monoisotopic (exact) mass is 650 g/mol. The summed E-state index contributed by atoms with van der Waals surface area (Å²) in [6.45, 7) is 4.87. The summed E-state index contributed by atoms with van der Waals surface area (Å²) in [6, 6.07) is 6.10. The Hall–Kier alpha value is -5.21. The highest BCUT2D eigenvalue weighted by atomic mass is 19.2. The third kappa shape index (κ3) is 7.28. The molecule has 0 atom stereocenters. The second-order valence-corrected chi connectivity index (χ2v) is 11.3. The predicted octanol–water partition coefficient (Wildman–Crippen LogP) is 2.82. The lowest BCUT2D eigenvalue weighted by molar-refractivity contribution is -0.133.